The first-order valence-electron chi connectivity index (χ1n) is 11.8. The Hall–Kier alpha value is -4.15. The van der Waals surface area contributed by atoms with Crippen LogP contribution in [0.2, 0.25) is 0 Å². The number of furan rings is 1. The smallest absolute Gasteiger partial charge is 0.267 e. The maximum absolute atomic E-state index is 13.3. The number of carbonyl (C=O) groups excluding carboxylic acids is 2. The van der Waals surface area contributed by atoms with E-state index in [1.54, 1.807) is 41.5 Å². The van der Waals surface area contributed by atoms with Crippen LogP contribution in [0.1, 0.15) is 11.3 Å². The number of ether oxygens (including phenoxy) is 1. The number of amides is 2. The number of hydrogen-bond acceptors (Lipinski definition) is 6. The van der Waals surface area contributed by atoms with Crippen LogP contribution in [0.25, 0.3) is 6.08 Å². The number of nitrogens with zero attached hydrogens (tertiary/aromatic N) is 2. The van der Waals surface area contributed by atoms with Crippen LogP contribution in [-0.2, 0) is 16.1 Å². The monoisotopic (exact) mass is 605 g/mol. The average Bonchev–Trinajstić information content (AvgIpc) is 3.54. The van der Waals surface area contributed by atoms with Gasteiger partial charge in [0.05, 0.1) is 27.9 Å². The predicted molar refractivity (Wildman–Crippen MR) is 153 cm³/mol. The van der Waals surface area contributed by atoms with Gasteiger partial charge in [-0.05, 0) is 100.0 Å². The summed E-state index contributed by atoms with van der Waals surface area (Å²) in [5.41, 5.74) is 1.98. The highest BCUT2D eigenvalue weighted by molar-refractivity contribution is 9.10. The second kappa shape index (κ2) is 12.1. The molecule has 3 aromatic carbocycles. The summed E-state index contributed by atoms with van der Waals surface area (Å²) in [6.45, 7) is 0.0318. The van der Waals surface area contributed by atoms with Crippen molar-refractivity contribution in [1.29, 1.82) is 0 Å². The normalized spacial score (nSPS) is 15.2. The number of aliphatic imine (C=N–C) groups is 1. The van der Waals surface area contributed by atoms with Crippen molar-refractivity contribution in [2.24, 2.45) is 4.99 Å². The number of carbonyl (C=O) groups is 2. The Labute approximate surface area is 236 Å². The molecule has 1 aliphatic heterocycles. The Morgan fingerprint density at radius 1 is 1.08 bits per heavy atom. The standard InChI is InChI=1S/C29H21BrFN3O4S/c30-24-15-19(8-13-25(24)38-18-27(35)32-22-11-9-20(31)10-12-22)16-26-28(36)34(17-23-7-4-14-37-23)29(39-26)33-21-5-2-1-3-6-21/h1-16H,17-18H2,(H,32,35)/b26-16-,33-29?. The van der Waals surface area contributed by atoms with Crippen LogP contribution in [0.5, 0.6) is 5.75 Å². The van der Waals surface area contributed by atoms with Gasteiger partial charge in [0, 0.05) is 5.69 Å². The molecule has 0 saturated carbocycles. The Bertz CT molecular complexity index is 1540. The quantitative estimate of drug-likeness (QED) is 0.219. The molecule has 10 heteroatoms. The van der Waals surface area contributed by atoms with Gasteiger partial charge in [-0.25, -0.2) is 9.38 Å². The summed E-state index contributed by atoms with van der Waals surface area (Å²) in [5, 5.41) is 3.20. The van der Waals surface area contributed by atoms with E-state index in [1.165, 1.54) is 36.0 Å². The highest BCUT2D eigenvalue weighted by Gasteiger charge is 2.34. The summed E-state index contributed by atoms with van der Waals surface area (Å²) in [7, 11) is 0. The summed E-state index contributed by atoms with van der Waals surface area (Å²) < 4.78 is 24.8. The number of thioether (sulfide) groups is 1. The van der Waals surface area contributed by atoms with Crippen molar-refractivity contribution < 1.29 is 23.1 Å². The highest BCUT2D eigenvalue weighted by atomic mass is 79.9. The van der Waals surface area contributed by atoms with Gasteiger partial charge in [0.15, 0.2) is 11.8 Å². The topological polar surface area (TPSA) is 84.1 Å². The molecule has 0 spiro atoms. The molecule has 5 rings (SSSR count). The molecule has 0 atom stereocenters. The molecule has 0 unspecified atom stereocenters. The number of nitrogens with one attached hydrogen (secondary N) is 1. The number of anilines is 1. The van der Waals surface area contributed by atoms with Crippen LogP contribution < -0.4 is 10.1 Å². The lowest BCUT2D eigenvalue weighted by molar-refractivity contribution is -0.122. The van der Waals surface area contributed by atoms with E-state index in [4.69, 9.17) is 9.15 Å². The van der Waals surface area contributed by atoms with E-state index in [9.17, 15) is 14.0 Å². The number of rotatable bonds is 8. The molecule has 0 radical (unpaired) electrons. The fourth-order valence-electron chi connectivity index (χ4n) is 3.65. The summed E-state index contributed by atoms with van der Waals surface area (Å²) in [4.78, 5) is 32.3. The molecular weight excluding hydrogens is 585 g/mol. The number of benzene rings is 3. The van der Waals surface area contributed by atoms with Gasteiger partial charge in [0.1, 0.15) is 17.3 Å². The van der Waals surface area contributed by atoms with Gasteiger partial charge in [-0.1, -0.05) is 24.3 Å². The molecule has 0 aliphatic carbocycles. The van der Waals surface area contributed by atoms with Gasteiger partial charge in [0.25, 0.3) is 11.8 Å². The van der Waals surface area contributed by atoms with Crippen LogP contribution in [0.15, 0.2) is 110 Å². The molecule has 2 amide bonds. The fourth-order valence-corrected chi connectivity index (χ4v) is 5.16. The summed E-state index contributed by atoms with van der Waals surface area (Å²) in [6.07, 6.45) is 3.35. The lowest BCUT2D eigenvalue weighted by Crippen LogP contribution is -2.28. The third-order valence-corrected chi connectivity index (χ3v) is 7.13. The number of amidine groups is 1. The van der Waals surface area contributed by atoms with E-state index < -0.39 is 0 Å². The van der Waals surface area contributed by atoms with Gasteiger partial charge in [-0.15, -0.1) is 0 Å². The zero-order valence-electron chi connectivity index (χ0n) is 20.3. The van der Waals surface area contributed by atoms with Gasteiger partial charge in [0.2, 0.25) is 0 Å². The van der Waals surface area contributed by atoms with Crippen molar-refractivity contribution in [3.63, 3.8) is 0 Å². The van der Waals surface area contributed by atoms with E-state index in [0.29, 0.717) is 31.7 Å². The molecular formula is C29H21BrFN3O4S. The van der Waals surface area contributed by atoms with Crippen molar-refractivity contribution in [1.82, 2.24) is 4.90 Å². The van der Waals surface area contributed by atoms with Crippen molar-refractivity contribution in [3.05, 3.63) is 118 Å². The first kappa shape index (κ1) is 26.5. The van der Waals surface area contributed by atoms with Gasteiger partial charge < -0.3 is 14.5 Å². The second-order valence-electron chi connectivity index (χ2n) is 8.34. The highest BCUT2D eigenvalue weighted by Crippen LogP contribution is 2.36. The van der Waals surface area contributed by atoms with Crippen molar-refractivity contribution >= 4 is 62.1 Å². The van der Waals surface area contributed by atoms with Gasteiger partial charge in [-0.3, -0.25) is 14.5 Å². The Morgan fingerprint density at radius 2 is 1.87 bits per heavy atom. The molecule has 1 aliphatic rings. The molecule has 0 bridgehead atoms. The Morgan fingerprint density at radius 3 is 2.59 bits per heavy atom. The van der Waals surface area contributed by atoms with Crippen molar-refractivity contribution in [2.45, 2.75) is 6.54 Å². The summed E-state index contributed by atoms with van der Waals surface area (Å²) in [6, 6.07) is 23.8. The zero-order chi connectivity index (χ0) is 27.2. The Kier molecular flexibility index (Phi) is 8.24. The molecule has 4 aromatic rings. The maximum atomic E-state index is 13.3. The first-order chi connectivity index (χ1) is 18.9. The molecule has 1 saturated heterocycles. The van der Waals surface area contributed by atoms with Crippen LogP contribution >= 0.6 is 27.7 Å². The minimum atomic E-state index is -0.383. The van der Waals surface area contributed by atoms with E-state index in [2.05, 4.69) is 26.2 Å². The summed E-state index contributed by atoms with van der Waals surface area (Å²) >= 11 is 4.77. The molecule has 1 fully saturated rings. The minimum absolute atomic E-state index is 0.181. The van der Waals surface area contributed by atoms with Crippen LogP contribution in [-0.4, -0.2) is 28.5 Å². The van der Waals surface area contributed by atoms with E-state index >= 15 is 0 Å². The first-order valence-corrected chi connectivity index (χ1v) is 13.4. The maximum Gasteiger partial charge on any atom is 0.267 e. The molecule has 1 aromatic heterocycles. The van der Waals surface area contributed by atoms with E-state index in [1.807, 2.05) is 36.4 Å². The number of hydrogen-bond donors (Lipinski definition) is 1. The molecule has 2 heterocycles. The molecule has 196 valence electrons. The van der Waals surface area contributed by atoms with Crippen molar-refractivity contribution in [2.75, 3.05) is 11.9 Å². The molecule has 7 nitrogen and oxygen atoms in total. The third-order valence-electron chi connectivity index (χ3n) is 5.50. The fraction of sp³-hybridized carbons (Fsp3) is 0.0690. The molecule has 39 heavy (non-hydrogen) atoms. The van der Waals surface area contributed by atoms with E-state index in [-0.39, 0.29) is 30.8 Å². The number of para-hydroxylation sites is 1. The zero-order valence-corrected chi connectivity index (χ0v) is 22.7. The largest absolute Gasteiger partial charge is 0.483 e. The van der Waals surface area contributed by atoms with E-state index in [0.717, 1.165) is 11.3 Å². The predicted octanol–water partition coefficient (Wildman–Crippen LogP) is 7.00. The van der Waals surface area contributed by atoms with Crippen LogP contribution in [0.4, 0.5) is 15.8 Å². The van der Waals surface area contributed by atoms with Crippen LogP contribution in [0.3, 0.4) is 0 Å². The molecule has 1 N–H and O–H groups in total. The SMILES string of the molecule is O=C(COc1ccc(/C=C2\SC(=Nc3ccccc3)N(Cc3ccco3)C2=O)cc1Br)Nc1ccc(F)cc1. The van der Waals surface area contributed by atoms with Crippen molar-refractivity contribution in [3.8, 4) is 5.75 Å². The lowest BCUT2D eigenvalue weighted by Gasteiger charge is -2.13. The Balaban J connectivity index is 1.29. The van der Waals surface area contributed by atoms with Gasteiger partial charge >= 0.3 is 0 Å². The third kappa shape index (κ3) is 6.84. The van der Waals surface area contributed by atoms with Crippen LogP contribution in [0, 0.1) is 5.82 Å². The summed E-state index contributed by atoms with van der Waals surface area (Å²) in [5.74, 6) is 0.168. The number of halogens is 2. The minimum Gasteiger partial charge on any atom is -0.483 e. The average molecular weight is 606 g/mol. The lowest BCUT2D eigenvalue weighted by atomic mass is 10.2. The second-order valence-corrected chi connectivity index (χ2v) is 10.2. The van der Waals surface area contributed by atoms with Gasteiger partial charge in [-0.2, -0.15) is 0 Å².